The maximum atomic E-state index is 13.8. The Bertz CT molecular complexity index is 1730. The van der Waals surface area contributed by atoms with Gasteiger partial charge in [0.05, 0.1) is 5.75 Å². The van der Waals surface area contributed by atoms with Gasteiger partial charge in [-0.15, -0.1) is 0 Å². The standard InChI is InChI=1S/C39H41N3O2S/c43-45(44,30-33-17-23-36(24-18-33)35-9-3-1-4-10-35)42(29-34-8-7-25-40-26-34)28-32-15-21-38(22-16-32)37-19-13-31(14-20-37)27-41-39-11-5-2-6-12-39/h1,3-4,7-10,13-26,39,41H,2,5-6,11-12,27-30H2. The summed E-state index contributed by atoms with van der Waals surface area (Å²) in [7, 11) is -3.63. The summed E-state index contributed by atoms with van der Waals surface area (Å²) in [4.78, 5) is 4.21. The summed E-state index contributed by atoms with van der Waals surface area (Å²) in [5, 5.41) is 3.72. The average molecular weight is 616 g/mol. The fraction of sp³-hybridized carbons (Fsp3) is 0.256. The van der Waals surface area contributed by atoms with E-state index in [0.29, 0.717) is 6.04 Å². The summed E-state index contributed by atoms with van der Waals surface area (Å²) in [6, 6.07) is 39.3. The molecule has 0 radical (unpaired) electrons. The van der Waals surface area contributed by atoms with Crippen molar-refractivity contribution in [3.8, 4) is 22.3 Å². The van der Waals surface area contributed by atoms with Crippen LogP contribution >= 0.6 is 0 Å². The Balaban J connectivity index is 1.13. The quantitative estimate of drug-likeness (QED) is 0.153. The van der Waals surface area contributed by atoms with Crippen LogP contribution in [0.2, 0.25) is 0 Å². The third-order valence-electron chi connectivity index (χ3n) is 8.69. The SMILES string of the molecule is O=S(=O)(Cc1ccc(-c2ccccc2)cc1)N(Cc1ccc(-c2ccc(CNC3CCCCC3)cc2)cc1)Cc1cccnc1. The van der Waals surface area contributed by atoms with Gasteiger partial charge in [-0.1, -0.05) is 128 Å². The molecule has 1 saturated carbocycles. The molecule has 1 fully saturated rings. The normalized spacial score (nSPS) is 14.1. The monoisotopic (exact) mass is 615 g/mol. The van der Waals surface area contributed by atoms with Crippen LogP contribution in [0.5, 0.6) is 0 Å². The number of rotatable bonds is 12. The second-order valence-electron chi connectivity index (χ2n) is 12.1. The maximum absolute atomic E-state index is 13.8. The van der Waals surface area contributed by atoms with Crippen LogP contribution in [-0.4, -0.2) is 23.7 Å². The van der Waals surface area contributed by atoms with Crippen LogP contribution in [0.1, 0.15) is 54.4 Å². The van der Waals surface area contributed by atoms with Gasteiger partial charge in [0.25, 0.3) is 0 Å². The molecule has 4 aromatic carbocycles. The molecule has 0 bridgehead atoms. The molecule has 1 aliphatic carbocycles. The van der Waals surface area contributed by atoms with Crippen LogP contribution < -0.4 is 5.32 Å². The van der Waals surface area contributed by atoms with Crippen LogP contribution in [0.15, 0.2) is 128 Å². The van der Waals surface area contributed by atoms with Crippen molar-refractivity contribution in [3.63, 3.8) is 0 Å². The number of aromatic nitrogens is 1. The molecule has 45 heavy (non-hydrogen) atoms. The van der Waals surface area contributed by atoms with Crippen LogP contribution in [0.3, 0.4) is 0 Å². The van der Waals surface area contributed by atoms with Crippen LogP contribution in [0.25, 0.3) is 22.3 Å². The molecule has 230 valence electrons. The predicted molar refractivity (Wildman–Crippen MR) is 184 cm³/mol. The maximum Gasteiger partial charge on any atom is 0.218 e. The zero-order valence-electron chi connectivity index (χ0n) is 25.7. The number of pyridine rings is 1. The number of hydrogen-bond acceptors (Lipinski definition) is 4. The highest BCUT2D eigenvalue weighted by Gasteiger charge is 2.24. The lowest BCUT2D eigenvalue weighted by Crippen LogP contribution is -2.31. The third-order valence-corrected chi connectivity index (χ3v) is 10.4. The first-order valence-corrected chi connectivity index (χ1v) is 17.6. The topological polar surface area (TPSA) is 62.3 Å². The van der Waals surface area contributed by atoms with Gasteiger partial charge in [-0.3, -0.25) is 4.98 Å². The number of hydrogen-bond donors (Lipinski definition) is 1. The second kappa shape index (κ2) is 14.8. The van der Waals surface area contributed by atoms with Gasteiger partial charge in [0, 0.05) is 38.1 Å². The number of nitrogens with one attached hydrogen (secondary N) is 1. The van der Waals surface area contributed by atoms with Gasteiger partial charge in [0.15, 0.2) is 0 Å². The lowest BCUT2D eigenvalue weighted by atomic mass is 9.95. The fourth-order valence-corrected chi connectivity index (χ4v) is 7.55. The van der Waals surface area contributed by atoms with Crippen LogP contribution in [0, 0.1) is 0 Å². The summed E-state index contributed by atoms with van der Waals surface area (Å²) < 4.78 is 29.2. The number of sulfonamides is 1. The third kappa shape index (κ3) is 8.54. The second-order valence-corrected chi connectivity index (χ2v) is 14.0. The Morgan fingerprint density at radius 1 is 0.600 bits per heavy atom. The smallest absolute Gasteiger partial charge is 0.218 e. The van der Waals surface area contributed by atoms with Crippen molar-refractivity contribution in [1.82, 2.24) is 14.6 Å². The van der Waals surface area contributed by atoms with Gasteiger partial charge in [0.1, 0.15) is 0 Å². The highest BCUT2D eigenvalue weighted by atomic mass is 32.2. The molecule has 5 aromatic rings. The molecule has 0 unspecified atom stereocenters. The van der Waals surface area contributed by atoms with E-state index in [0.717, 1.165) is 45.5 Å². The molecule has 0 spiro atoms. The molecule has 1 aromatic heterocycles. The molecule has 5 nitrogen and oxygen atoms in total. The lowest BCUT2D eigenvalue weighted by Gasteiger charge is -2.23. The highest BCUT2D eigenvalue weighted by molar-refractivity contribution is 7.88. The summed E-state index contributed by atoms with van der Waals surface area (Å²) in [5.74, 6) is -0.0671. The Kier molecular flexibility index (Phi) is 10.2. The van der Waals surface area contributed by atoms with Crippen LogP contribution in [-0.2, 0) is 35.4 Å². The van der Waals surface area contributed by atoms with Crippen molar-refractivity contribution in [2.45, 2.75) is 63.5 Å². The van der Waals surface area contributed by atoms with Gasteiger partial charge < -0.3 is 5.32 Å². The van der Waals surface area contributed by atoms with E-state index in [9.17, 15) is 8.42 Å². The first-order chi connectivity index (χ1) is 22.0. The zero-order valence-corrected chi connectivity index (χ0v) is 26.5. The zero-order chi connectivity index (χ0) is 30.9. The fourth-order valence-electron chi connectivity index (χ4n) is 6.06. The molecular weight excluding hydrogens is 575 g/mol. The van der Waals surface area contributed by atoms with Crippen LogP contribution in [0.4, 0.5) is 0 Å². The van der Waals surface area contributed by atoms with E-state index in [-0.39, 0.29) is 18.8 Å². The number of benzene rings is 4. The largest absolute Gasteiger partial charge is 0.310 e. The molecule has 1 N–H and O–H groups in total. The van der Waals surface area contributed by atoms with Crippen molar-refractivity contribution in [2.75, 3.05) is 0 Å². The van der Waals surface area contributed by atoms with E-state index in [2.05, 4.69) is 58.8 Å². The highest BCUT2D eigenvalue weighted by Crippen LogP contribution is 2.25. The Morgan fingerprint density at radius 2 is 1.16 bits per heavy atom. The Hall–Kier alpha value is -4.10. The van der Waals surface area contributed by atoms with Crippen molar-refractivity contribution in [2.24, 2.45) is 0 Å². The average Bonchev–Trinajstić information content (AvgIpc) is 3.09. The Morgan fingerprint density at radius 3 is 1.76 bits per heavy atom. The summed E-state index contributed by atoms with van der Waals surface area (Å²) >= 11 is 0. The van der Waals surface area contributed by atoms with Crippen molar-refractivity contribution in [3.05, 3.63) is 150 Å². The molecule has 1 heterocycles. The molecular formula is C39H41N3O2S. The van der Waals surface area contributed by atoms with Gasteiger partial charge >= 0.3 is 0 Å². The lowest BCUT2D eigenvalue weighted by molar-refractivity contribution is 0.372. The van der Waals surface area contributed by atoms with E-state index < -0.39 is 10.0 Å². The molecule has 0 saturated heterocycles. The van der Waals surface area contributed by atoms with Crippen molar-refractivity contribution < 1.29 is 8.42 Å². The van der Waals surface area contributed by atoms with Gasteiger partial charge in [-0.05, 0) is 63.4 Å². The van der Waals surface area contributed by atoms with E-state index in [4.69, 9.17) is 0 Å². The van der Waals surface area contributed by atoms with Gasteiger partial charge in [-0.25, -0.2) is 8.42 Å². The molecule has 6 rings (SSSR count). The van der Waals surface area contributed by atoms with E-state index in [1.807, 2.05) is 66.7 Å². The Labute approximate surface area is 268 Å². The first-order valence-electron chi connectivity index (χ1n) is 15.9. The van der Waals surface area contributed by atoms with Gasteiger partial charge in [-0.2, -0.15) is 4.31 Å². The molecule has 0 atom stereocenters. The minimum absolute atomic E-state index is 0.0671. The molecule has 6 heteroatoms. The minimum Gasteiger partial charge on any atom is -0.310 e. The first kappa shape index (κ1) is 30.9. The van der Waals surface area contributed by atoms with Crippen molar-refractivity contribution in [1.29, 1.82) is 0 Å². The van der Waals surface area contributed by atoms with E-state index in [1.165, 1.54) is 37.7 Å². The molecule has 0 aliphatic heterocycles. The number of nitrogens with zero attached hydrogens (tertiary/aromatic N) is 2. The van der Waals surface area contributed by atoms with Crippen molar-refractivity contribution >= 4 is 10.0 Å². The molecule has 1 aliphatic rings. The molecule has 0 amide bonds. The summed E-state index contributed by atoms with van der Waals surface area (Å²) in [6.07, 6.45) is 10.0. The van der Waals surface area contributed by atoms with E-state index in [1.54, 1.807) is 16.7 Å². The van der Waals surface area contributed by atoms with Gasteiger partial charge in [0.2, 0.25) is 10.0 Å². The summed E-state index contributed by atoms with van der Waals surface area (Å²) in [6.45, 7) is 1.45. The van der Waals surface area contributed by atoms with E-state index >= 15 is 0 Å². The predicted octanol–water partition coefficient (Wildman–Crippen LogP) is 8.37. The summed E-state index contributed by atoms with van der Waals surface area (Å²) in [5.41, 5.74) is 8.30. The minimum atomic E-state index is -3.63.